The first-order valence-corrected chi connectivity index (χ1v) is 5.14. The summed E-state index contributed by atoms with van der Waals surface area (Å²) in [4.78, 5) is 11.2. The van der Waals surface area contributed by atoms with Gasteiger partial charge in [0, 0.05) is 5.56 Å². The molecule has 3 nitrogen and oxygen atoms in total. The molecule has 0 unspecified atom stereocenters. The summed E-state index contributed by atoms with van der Waals surface area (Å²) in [6.07, 6.45) is -0.471. The number of hydrogen-bond donors (Lipinski definition) is 2. The number of rotatable bonds is 2. The third-order valence-corrected chi connectivity index (χ3v) is 3.28. The van der Waals surface area contributed by atoms with Crippen molar-refractivity contribution >= 4 is 5.97 Å². The first-order valence-electron chi connectivity index (χ1n) is 5.14. The van der Waals surface area contributed by atoms with Crippen LogP contribution in [0, 0.1) is 12.7 Å². The van der Waals surface area contributed by atoms with Crippen LogP contribution in [-0.4, -0.2) is 22.3 Å². The molecule has 0 atom stereocenters. The number of carbonyl (C=O) groups is 1. The Hall–Kier alpha value is -1.42. The third kappa shape index (κ3) is 1.41. The Bertz CT molecular complexity index is 436. The maximum absolute atomic E-state index is 13.9. The van der Waals surface area contributed by atoms with Crippen LogP contribution in [-0.2, 0) is 10.2 Å². The highest BCUT2D eigenvalue weighted by atomic mass is 19.1. The number of carboxylic acids is 1. The molecule has 1 saturated carbocycles. The number of aliphatic hydroxyl groups excluding tert-OH is 1. The van der Waals surface area contributed by atoms with E-state index in [1.165, 1.54) is 6.07 Å². The Morgan fingerprint density at radius 2 is 2.12 bits per heavy atom. The minimum Gasteiger partial charge on any atom is -0.481 e. The number of hydrogen-bond acceptors (Lipinski definition) is 2. The van der Waals surface area contributed by atoms with E-state index in [0.29, 0.717) is 5.56 Å². The van der Waals surface area contributed by atoms with Gasteiger partial charge in [0.1, 0.15) is 11.2 Å². The van der Waals surface area contributed by atoms with Crippen LogP contribution in [0.1, 0.15) is 24.0 Å². The van der Waals surface area contributed by atoms with Gasteiger partial charge in [0.25, 0.3) is 0 Å². The number of benzene rings is 1. The quantitative estimate of drug-likeness (QED) is 0.802. The van der Waals surface area contributed by atoms with Crippen molar-refractivity contribution in [1.29, 1.82) is 0 Å². The number of carboxylic acid groups (broad SMARTS) is 1. The van der Waals surface area contributed by atoms with Crippen molar-refractivity contribution in [2.24, 2.45) is 0 Å². The minimum absolute atomic E-state index is 0.0860. The molecular weight excluding hydrogens is 211 g/mol. The van der Waals surface area contributed by atoms with Crippen LogP contribution in [0.3, 0.4) is 0 Å². The second-order valence-corrected chi connectivity index (χ2v) is 4.39. The maximum Gasteiger partial charge on any atom is 0.314 e. The summed E-state index contributed by atoms with van der Waals surface area (Å²) in [5, 5.41) is 18.5. The molecule has 86 valence electrons. The van der Waals surface area contributed by atoms with E-state index in [2.05, 4.69) is 0 Å². The summed E-state index contributed by atoms with van der Waals surface area (Å²) in [5.74, 6) is -1.54. The van der Waals surface area contributed by atoms with Gasteiger partial charge < -0.3 is 10.2 Å². The highest BCUT2D eigenvalue weighted by Crippen LogP contribution is 2.45. The zero-order valence-electron chi connectivity index (χ0n) is 8.90. The number of aryl methyl sites for hydroxylation is 1. The molecule has 1 fully saturated rings. The Morgan fingerprint density at radius 1 is 1.50 bits per heavy atom. The molecule has 0 radical (unpaired) electrons. The van der Waals surface area contributed by atoms with Gasteiger partial charge in [-0.25, -0.2) is 4.39 Å². The monoisotopic (exact) mass is 224 g/mol. The van der Waals surface area contributed by atoms with E-state index < -0.39 is 23.3 Å². The lowest BCUT2D eigenvalue weighted by Gasteiger charge is -2.42. The summed E-state index contributed by atoms with van der Waals surface area (Å²) in [5.41, 5.74) is -0.625. The van der Waals surface area contributed by atoms with Gasteiger partial charge in [0.05, 0.1) is 6.10 Å². The topological polar surface area (TPSA) is 57.5 Å². The Balaban J connectivity index is 2.49. The zero-order valence-corrected chi connectivity index (χ0v) is 8.90. The van der Waals surface area contributed by atoms with Crippen molar-refractivity contribution in [2.75, 3.05) is 0 Å². The van der Waals surface area contributed by atoms with Crippen molar-refractivity contribution in [3.05, 3.63) is 35.1 Å². The molecular formula is C12H13FO3. The molecule has 0 heterocycles. The number of aliphatic carboxylic acids is 1. The summed E-state index contributed by atoms with van der Waals surface area (Å²) >= 11 is 0. The number of aliphatic hydroxyl groups is 1. The van der Waals surface area contributed by atoms with Crippen molar-refractivity contribution < 1.29 is 19.4 Å². The molecule has 4 heteroatoms. The summed E-state index contributed by atoms with van der Waals surface area (Å²) in [6, 6.07) is 4.73. The first-order chi connectivity index (χ1) is 7.47. The molecule has 0 bridgehead atoms. The number of halogens is 1. The van der Waals surface area contributed by atoms with Gasteiger partial charge in [-0.3, -0.25) is 4.79 Å². The van der Waals surface area contributed by atoms with Crippen molar-refractivity contribution in [1.82, 2.24) is 0 Å². The molecule has 1 aromatic carbocycles. The van der Waals surface area contributed by atoms with Crippen LogP contribution in [0.25, 0.3) is 0 Å². The fraction of sp³-hybridized carbons (Fsp3) is 0.417. The largest absolute Gasteiger partial charge is 0.481 e. The second-order valence-electron chi connectivity index (χ2n) is 4.39. The Morgan fingerprint density at radius 3 is 2.62 bits per heavy atom. The van der Waals surface area contributed by atoms with Gasteiger partial charge in [0.15, 0.2) is 0 Å². The molecule has 0 aliphatic heterocycles. The van der Waals surface area contributed by atoms with E-state index in [1.807, 2.05) is 0 Å². The summed E-state index contributed by atoms with van der Waals surface area (Å²) in [7, 11) is 0. The van der Waals surface area contributed by atoms with Crippen molar-refractivity contribution in [3.8, 4) is 0 Å². The second kappa shape index (κ2) is 3.56. The molecule has 1 aliphatic rings. The fourth-order valence-electron chi connectivity index (χ4n) is 2.27. The molecule has 16 heavy (non-hydrogen) atoms. The summed E-state index contributed by atoms with van der Waals surface area (Å²) < 4.78 is 13.9. The zero-order chi connectivity index (χ0) is 11.9. The average molecular weight is 224 g/mol. The highest BCUT2D eigenvalue weighted by Gasteiger charge is 2.52. The van der Waals surface area contributed by atoms with E-state index in [0.717, 1.165) is 0 Å². The molecule has 0 saturated heterocycles. The van der Waals surface area contributed by atoms with Crippen molar-refractivity contribution in [3.63, 3.8) is 0 Å². The molecule has 2 N–H and O–H groups in total. The summed E-state index contributed by atoms with van der Waals surface area (Å²) in [6.45, 7) is 1.60. The molecule has 1 aromatic rings. The van der Waals surface area contributed by atoms with Gasteiger partial charge in [-0.1, -0.05) is 18.2 Å². The van der Waals surface area contributed by atoms with Gasteiger partial charge in [-0.05, 0) is 25.3 Å². The first kappa shape index (κ1) is 11.1. The molecule has 0 aromatic heterocycles. The minimum atomic E-state index is -1.24. The van der Waals surface area contributed by atoms with E-state index in [9.17, 15) is 19.4 Å². The van der Waals surface area contributed by atoms with Crippen LogP contribution in [0.2, 0.25) is 0 Å². The standard InChI is InChI=1S/C12H13FO3/c1-7-3-2-4-9(10(7)13)12(11(15)16)5-8(14)6-12/h2-4,8,14H,5-6H2,1H3,(H,15,16). The predicted octanol–water partition coefficient (Wildman–Crippen LogP) is 1.61. The SMILES string of the molecule is Cc1cccc(C2(C(=O)O)CC(O)C2)c1F. The predicted molar refractivity (Wildman–Crippen MR) is 55.7 cm³/mol. The van der Waals surface area contributed by atoms with Crippen LogP contribution in [0.15, 0.2) is 18.2 Å². The van der Waals surface area contributed by atoms with Gasteiger partial charge in [0.2, 0.25) is 0 Å². The fourth-order valence-corrected chi connectivity index (χ4v) is 2.27. The lowest BCUT2D eigenvalue weighted by molar-refractivity contribution is -0.153. The molecule has 0 spiro atoms. The molecule has 0 amide bonds. The van der Waals surface area contributed by atoms with Gasteiger partial charge in [-0.2, -0.15) is 0 Å². The van der Waals surface area contributed by atoms with E-state index in [-0.39, 0.29) is 18.4 Å². The van der Waals surface area contributed by atoms with Crippen LogP contribution >= 0.6 is 0 Å². The van der Waals surface area contributed by atoms with Gasteiger partial charge in [-0.15, -0.1) is 0 Å². The molecule has 1 aliphatic carbocycles. The van der Waals surface area contributed by atoms with Gasteiger partial charge >= 0.3 is 5.97 Å². The Kier molecular flexibility index (Phi) is 2.46. The third-order valence-electron chi connectivity index (χ3n) is 3.28. The smallest absolute Gasteiger partial charge is 0.314 e. The lowest BCUT2D eigenvalue weighted by Crippen LogP contribution is -2.51. The molecule has 2 rings (SSSR count). The van der Waals surface area contributed by atoms with E-state index in [4.69, 9.17) is 0 Å². The average Bonchev–Trinajstić information content (AvgIpc) is 2.17. The van der Waals surface area contributed by atoms with Crippen LogP contribution in [0.4, 0.5) is 4.39 Å². The Labute approximate surface area is 92.5 Å². The normalized spacial score (nSPS) is 28.6. The van der Waals surface area contributed by atoms with Crippen LogP contribution in [0.5, 0.6) is 0 Å². The van der Waals surface area contributed by atoms with E-state index in [1.54, 1.807) is 19.1 Å². The van der Waals surface area contributed by atoms with E-state index >= 15 is 0 Å². The maximum atomic E-state index is 13.9. The van der Waals surface area contributed by atoms with Crippen molar-refractivity contribution in [2.45, 2.75) is 31.3 Å². The lowest BCUT2D eigenvalue weighted by atomic mass is 9.62. The highest BCUT2D eigenvalue weighted by molar-refractivity contribution is 5.83. The van der Waals surface area contributed by atoms with Crippen LogP contribution < -0.4 is 0 Å².